The molecule has 1 aromatic carbocycles. The Kier molecular flexibility index (Phi) is 1.48. The summed E-state index contributed by atoms with van der Waals surface area (Å²) in [6.07, 6.45) is 1.50. The van der Waals surface area contributed by atoms with Gasteiger partial charge in [0.05, 0.1) is 11.8 Å². The maximum absolute atomic E-state index is 10.7. The van der Waals surface area contributed by atoms with E-state index in [1.165, 1.54) is 18.4 Å². The van der Waals surface area contributed by atoms with Crippen LogP contribution in [0.5, 0.6) is 0 Å². The van der Waals surface area contributed by atoms with Gasteiger partial charge in [-0.25, -0.2) is 4.79 Å². The molecule has 0 atom stereocenters. The largest absolute Gasteiger partial charge is 0.478 e. The molecule has 13 heavy (non-hydrogen) atoms. The first-order chi connectivity index (χ1) is 6.18. The van der Waals surface area contributed by atoms with Crippen molar-refractivity contribution in [3.05, 3.63) is 30.0 Å². The first-order valence-electron chi connectivity index (χ1n) is 3.68. The van der Waals surface area contributed by atoms with Crippen molar-refractivity contribution >= 4 is 22.6 Å². The molecule has 0 amide bonds. The van der Waals surface area contributed by atoms with Crippen LogP contribution in [-0.4, -0.2) is 11.1 Å². The van der Waals surface area contributed by atoms with Crippen molar-refractivity contribution in [2.24, 2.45) is 0 Å². The molecule has 3 N–H and O–H groups in total. The van der Waals surface area contributed by atoms with Crippen LogP contribution in [0, 0.1) is 0 Å². The zero-order valence-electron chi connectivity index (χ0n) is 6.65. The molecule has 66 valence electrons. The van der Waals surface area contributed by atoms with Crippen LogP contribution in [0.3, 0.4) is 0 Å². The SMILES string of the molecule is Nc1cc2occc2cc1C(=O)O. The first-order valence-corrected chi connectivity index (χ1v) is 3.68. The lowest BCUT2D eigenvalue weighted by Crippen LogP contribution is -2.01. The second-order valence-electron chi connectivity index (χ2n) is 2.70. The Morgan fingerprint density at radius 3 is 2.92 bits per heavy atom. The number of hydrogen-bond acceptors (Lipinski definition) is 3. The molecule has 0 fully saturated rings. The number of fused-ring (bicyclic) bond motifs is 1. The van der Waals surface area contributed by atoms with Crippen LogP contribution in [0.4, 0.5) is 5.69 Å². The Hall–Kier alpha value is -1.97. The van der Waals surface area contributed by atoms with Gasteiger partial charge in [0.2, 0.25) is 0 Å². The molecule has 0 bridgehead atoms. The van der Waals surface area contributed by atoms with E-state index in [0.29, 0.717) is 5.58 Å². The maximum atomic E-state index is 10.7. The number of nitrogens with two attached hydrogens (primary N) is 1. The lowest BCUT2D eigenvalue weighted by Gasteiger charge is -1.99. The summed E-state index contributed by atoms with van der Waals surface area (Å²) in [4.78, 5) is 10.7. The predicted molar refractivity (Wildman–Crippen MR) is 47.6 cm³/mol. The summed E-state index contributed by atoms with van der Waals surface area (Å²) in [6, 6.07) is 4.70. The van der Waals surface area contributed by atoms with Crippen molar-refractivity contribution < 1.29 is 14.3 Å². The minimum absolute atomic E-state index is 0.105. The number of aromatic carboxylic acids is 1. The number of hydrogen-bond donors (Lipinski definition) is 2. The third kappa shape index (κ3) is 1.12. The number of carboxylic acids is 1. The predicted octanol–water partition coefficient (Wildman–Crippen LogP) is 1.71. The standard InChI is InChI=1S/C9H7NO3/c10-7-4-8-5(1-2-13-8)3-6(7)9(11)12/h1-4H,10H2,(H,11,12). The van der Waals surface area contributed by atoms with Crippen LogP contribution < -0.4 is 5.73 Å². The number of furan rings is 1. The number of rotatable bonds is 1. The average molecular weight is 177 g/mol. The molecule has 0 spiro atoms. The fraction of sp³-hybridized carbons (Fsp3) is 0. The molecule has 0 aliphatic heterocycles. The molecule has 0 aliphatic carbocycles. The number of anilines is 1. The van der Waals surface area contributed by atoms with E-state index in [1.54, 1.807) is 6.07 Å². The molecule has 0 saturated carbocycles. The van der Waals surface area contributed by atoms with E-state index in [9.17, 15) is 4.79 Å². The highest BCUT2D eigenvalue weighted by atomic mass is 16.4. The highest BCUT2D eigenvalue weighted by molar-refractivity contribution is 5.98. The van der Waals surface area contributed by atoms with Gasteiger partial charge in [-0.15, -0.1) is 0 Å². The highest BCUT2D eigenvalue weighted by Crippen LogP contribution is 2.22. The van der Waals surface area contributed by atoms with Gasteiger partial charge in [0.15, 0.2) is 0 Å². The van der Waals surface area contributed by atoms with Gasteiger partial charge in [0.1, 0.15) is 5.58 Å². The van der Waals surface area contributed by atoms with Crippen molar-refractivity contribution in [1.29, 1.82) is 0 Å². The molecule has 2 rings (SSSR count). The van der Waals surface area contributed by atoms with Gasteiger partial charge in [0.25, 0.3) is 0 Å². The topological polar surface area (TPSA) is 76.5 Å². The van der Waals surface area contributed by atoms with Crippen molar-refractivity contribution in [2.75, 3.05) is 5.73 Å². The van der Waals surface area contributed by atoms with Gasteiger partial charge in [-0.05, 0) is 12.1 Å². The van der Waals surface area contributed by atoms with Crippen LogP contribution in [0.25, 0.3) is 11.0 Å². The van der Waals surface area contributed by atoms with Crippen LogP contribution in [0.2, 0.25) is 0 Å². The highest BCUT2D eigenvalue weighted by Gasteiger charge is 2.09. The number of carbonyl (C=O) groups is 1. The second-order valence-corrected chi connectivity index (χ2v) is 2.70. The fourth-order valence-electron chi connectivity index (χ4n) is 1.21. The molecular weight excluding hydrogens is 170 g/mol. The van der Waals surface area contributed by atoms with E-state index < -0.39 is 5.97 Å². The van der Waals surface area contributed by atoms with Gasteiger partial charge in [0, 0.05) is 17.1 Å². The quantitative estimate of drug-likeness (QED) is 0.650. The summed E-state index contributed by atoms with van der Waals surface area (Å²) in [7, 11) is 0. The molecule has 0 radical (unpaired) electrons. The molecule has 0 unspecified atom stereocenters. The lowest BCUT2D eigenvalue weighted by molar-refractivity contribution is 0.0698. The summed E-state index contributed by atoms with van der Waals surface area (Å²) in [5.74, 6) is -1.03. The van der Waals surface area contributed by atoms with E-state index in [2.05, 4.69) is 0 Å². The molecular formula is C9H7NO3. The number of nitrogen functional groups attached to an aromatic ring is 1. The molecule has 0 saturated heterocycles. The number of carboxylic acid groups (broad SMARTS) is 1. The van der Waals surface area contributed by atoms with Crippen molar-refractivity contribution in [3.63, 3.8) is 0 Å². The summed E-state index contributed by atoms with van der Waals surface area (Å²) in [5, 5.41) is 9.49. The van der Waals surface area contributed by atoms with Crippen molar-refractivity contribution in [1.82, 2.24) is 0 Å². The van der Waals surface area contributed by atoms with E-state index in [4.69, 9.17) is 15.3 Å². The van der Waals surface area contributed by atoms with Crippen molar-refractivity contribution in [3.8, 4) is 0 Å². The van der Waals surface area contributed by atoms with Gasteiger partial charge in [-0.1, -0.05) is 0 Å². The Morgan fingerprint density at radius 1 is 1.46 bits per heavy atom. The Balaban J connectivity index is 2.76. The molecule has 4 heteroatoms. The molecule has 1 aromatic heterocycles. The van der Waals surface area contributed by atoms with Crippen LogP contribution in [0.1, 0.15) is 10.4 Å². The van der Waals surface area contributed by atoms with E-state index in [0.717, 1.165) is 5.39 Å². The summed E-state index contributed by atoms with van der Waals surface area (Å²) < 4.78 is 5.06. The van der Waals surface area contributed by atoms with Gasteiger partial charge in [-0.2, -0.15) is 0 Å². The monoisotopic (exact) mass is 177 g/mol. The van der Waals surface area contributed by atoms with Crippen LogP contribution in [-0.2, 0) is 0 Å². The Morgan fingerprint density at radius 2 is 2.23 bits per heavy atom. The zero-order valence-corrected chi connectivity index (χ0v) is 6.65. The molecule has 0 aliphatic rings. The summed E-state index contributed by atoms with van der Waals surface area (Å²) in [6.45, 7) is 0. The third-order valence-electron chi connectivity index (χ3n) is 1.85. The second kappa shape index (κ2) is 2.52. The Labute approximate surface area is 73.6 Å². The number of benzene rings is 1. The third-order valence-corrected chi connectivity index (χ3v) is 1.85. The molecule has 4 nitrogen and oxygen atoms in total. The fourth-order valence-corrected chi connectivity index (χ4v) is 1.21. The Bertz CT molecular complexity index is 473. The van der Waals surface area contributed by atoms with Gasteiger partial charge in [-0.3, -0.25) is 0 Å². The summed E-state index contributed by atoms with van der Waals surface area (Å²) in [5.41, 5.74) is 6.43. The van der Waals surface area contributed by atoms with Crippen molar-refractivity contribution in [2.45, 2.75) is 0 Å². The zero-order chi connectivity index (χ0) is 9.42. The maximum Gasteiger partial charge on any atom is 0.337 e. The van der Waals surface area contributed by atoms with Gasteiger partial charge < -0.3 is 15.3 Å². The molecule has 2 aromatic rings. The molecule has 1 heterocycles. The van der Waals surface area contributed by atoms with Crippen LogP contribution >= 0.6 is 0 Å². The van der Waals surface area contributed by atoms with Crippen LogP contribution in [0.15, 0.2) is 28.9 Å². The lowest BCUT2D eigenvalue weighted by atomic mass is 10.1. The van der Waals surface area contributed by atoms with Gasteiger partial charge >= 0.3 is 5.97 Å². The average Bonchev–Trinajstić information content (AvgIpc) is 2.48. The smallest absolute Gasteiger partial charge is 0.337 e. The minimum Gasteiger partial charge on any atom is -0.478 e. The first kappa shape index (κ1) is 7.67. The van der Waals surface area contributed by atoms with E-state index in [-0.39, 0.29) is 11.3 Å². The van der Waals surface area contributed by atoms with E-state index in [1.807, 2.05) is 0 Å². The van der Waals surface area contributed by atoms with E-state index >= 15 is 0 Å². The minimum atomic E-state index is -1.03. The normalized spacial score (nSPS) is 10.5. The summed E-state index contributed by atoms with van der Waals surface area (Å²) >= 11 is 0.